The van der Waals surface area contributed by atoms with Gasteiger partial charge in [0.25, 0.3) is 0 Å². The molecule has 6 heteroatoms. The van der Waals surface area contributed by atoms with E-state index in [1.54, 1.807) is 0 Å². The highest BCUT2D eigenvalue weighted by Gasteiger charge is 2.39. The third kappa shape index (κ3) is 2.98. The summed E-state index contributed by atoms with van der Waals surface area (Å²) in [5.41, 5.74) is 4.60. The van der Waals surface area contributed by atoms with Crippen LogP contribution in [0.4, 0.5) is 4.79 Å². The fourth-order valence-electron chi connectivity index (χ4n) is 5.50. The standard InChI is InChI=1S/C24H26N4O2/c29-24(30-22-15-27-10-7-17(22)8-11-27)28-12-9-16-3-1-2-4-20(16)23(28)18-5-6-21-19(13-18)14-25-26-21/h1-6,13-14,17,22-23H,7-12,15H2,(H,25,26)/t22-,23+/m1/s1. The zero-order chi connectivity index (χ0) is 20.1. The van der Waals surface area contributed by atoms with Crippen molar-refractivity contribution < 1.29 is 9.53 Å². The van der Waals surface area contributed by atoms with Gasteiger partial charge in [-0.15, -0.1) is 0 Å². The average Bonchev–Trinajstić information content (AvgIpc) is 3.27. The molecule has 0 radical (unpaired) electrons. The van der Waals surface area contributed by atoms with Crippen LogP contribution in [-0.2, 0) is 11.2 Å². The van der Waals surface area contributed by atoms with Gasteiger partial charge in [-0.1, -0.05) is 30.3 Å². The van der Waals surface area contributed by atoms with Gasteiger partial charge in [0.2, 0.25) is 0 Å². The van der Waals surface area contributed by atoms with Gasteiger partial charge in [-0.05, 0) is 67.1 Å². The number of rotatable bonds is 2. The molecule has 3 aromatic rings. The Labute approximate surface area is 175 Å². The minimum Gasteiger partial charge on any atom is -0.444 e. The third-order valence-electron chi connectivity index (χ3n) is 7.15. The second-order valence-electron chi connectivity index (χ2n) is 8.82. The van der Waals surface area contributed by atoms with Crippen molar-refractivity contribution in [1.82, 2.24) is 20.0 Å². The van der Waals surface area contributed by atoms with E-state index in [9.17, 15) is 4.79 Å². The molecule has 5 heterocycles. The largest absolute Gasteiger partial charge is 0.444 e. The zero-order valence-corrected chi connectivity index (χ0v) is 17.0. The van der Waals surface area contributed by atoms with Crippen LogP contribution in [0.5, 0.6) is 0 Å². The molecule has 4 aliphatic heterocycles. The molecule has 6 nitrogen and oxygen atoms in total. The molecule has 1 N–H and O–H groups in total. The highest BCUT2D eigenvalue weighted by Crippen LogP contribution is 2.37. The Balaban J connectivity index is 1.34. The molecule has 2 bridgehead atoms. The molecule has 0 unspecified atom stereocenters. The van der Waals surface area contributed by atoms with E-state index in [2.05, 4.69) is 51.5 Å². The van der Waals surface area contributed by atoms with Crippen molar-refractivity contribution in [2.24, 2.45) is 5.92 Å². The van der Waals surface area contributed by atoms with E-state index < -0.39 is 0 Å². The number of nitrogens with one attached hydrogen (secondary N) is 1. The number of hydrogen-bond donors (Lipinski definition) is 1. The topological polar surface area (TPSA) is 61.5 Å². The van der Waals surface area contributed by atoms with Crippen molar-refractivity contribution in [3.8, 4) is 0 Å². The van der Waals surface area contributed by atoms with Crippen molar-refractivity contribution in [1.29, 1.82) is 0 Å². The Morgan fingerprint density at radius 3 is 2.80 bits per heavy atom. The molecule has 4 aliphatic rings. The van der Waals surface area contributed by atoms with Crippen molar-refractivity contribution in [3.05, 3.63) is 65.4 Å². The number of aromatic amines is 1. The molecule has 2 atom stereocenters. The van der Waals surface area contributed by atoms with Crippen LogP contribution in [0.15, 0.2) is 48.7 Å². The highest BCUT2D eigenvalue weighted by molar-refractivity contribution is 5.79. The minimum atomic E-state index is -0.180. The number of nitrogens with zero attached hydrogens (tertiary/aromatic N) is 3. The Kier molecular flexibility index (Phi) is 4.27. The summed E-state index contributed by atoms with van der Waals surface area (Å²) in [6.07, 6.45) is 4.82. The molecule has 0 aliphatic carbocycles. The van der Waals surface area contributed by atoms with Gasteiger partial charge in [0.1, 0.15) is 6.10 Å². The molecular formula is C24H26N4O2. The van der Waals surface area contributed by atoms with E-state index in [0.717, 1.165) is 55.4 Å². The number of H-pyrrole nitrogens is 1. The van der Waals surface area contributed by atoms with Gasteiger partial charge in [-0.25, -0.2) is 4.79 Å². The van der Waals surface area contributed by atoms with Crippen molar-refractivity contribution in [3.63, 3.8) is 0 Å². The molecule has 1 amide bonds. The van der Waals surface area contributed by atoms with E-state index in [1.165, 1.54) is 11.1 Å². The van der Waals surface area contributed by atoms with Crippen LogP contribution in [0.1, 0.15) is 35.6 Å². The maximum absolute atomic E-state index is 13.4. The monoisotopic (exact) mass is 402 g/mol. The number of amides is 1. The van der Waals surface area contributed by atoms with Gasteiger partial charge in [0, 0.05) is 18.5 Å². The lowest BCUT2D eigenvalue weighted by atomic mass is 9.86. The molecule has 154 valence electrons. The Morgan fingerprint density at radius 1 is 1.10 bits per heavy atom. The first-order valence-electron chi connectivity index (χ1n) is 11.0. The highest BCUT2D eigenvalue weighted by atomic mass is 16.6. The van der Waals surface area contributed by atoms with Crippen LogP contribution in [0, 0.1) is 5.92 Å². The summed E-state index contributed by atoms with van der Waals surface area (Å²) in [7, 11) is 0. The van der Waals surface area contributed by atoms with Crippen molar-refractivity contribution in [2.45, 2.75) is 31.4 Å². The summed E-state index contributed by atoms with van der Waals surface area (Å²) in [6, 6.07) is 14.6. The number of ether oxygens (including phenoxy) is 1. The first-order chi connectivity index (χ1) is 14.8. The quantitative estimate of drug-likeness (QED) is 0.709. The molecule has 3 saturated heterocycles. The number of carbonyl (C=O) groups excluding carboxylic acids is 1. The first-order valence-corrected chi connectivity index (χ1v) is 11.0. The maximum Gasteiger partial charge on any atom is 0.410 e. The number of fused-ring (bicyclic) bond motifs is 5. The molecule has 1 aromatic heterocycles. The number of aromatic nitrogens is 2. The second-order valence-corrected chi connectivity index (χ2v) is 8.82. The van der Waals surface area contributed by atoms with E-state index in [-0.39, 0.29) is 18.2 Å². The van der Waals surface area contributed by atoms with E-state index in [0.29, 0.717) is 12.5 Å². The third-order valence-corrected chi connectivity index (χ3v) is 7.15. The SMILES string of the molecule is O=C(O[C@@H]1CN2CCC1CC2)N1CCc2ccccc2[C@@H]1c1ccc2[nH]ncc2c1. The lowest BCUT2D eigenvalue weighted by molar-refractivity contribution is -0.0462. The molecular weight excluding hydrogens is 376 g/mol. The van der Waals surface area contributed by atoms with Gasteiger partial charge in [0.05, 0.1) is 17.8 Å². The van der Waals surface area contributed by atoms with E-state index >= 15 is 0 Å². The van der Waals surface area contributed by atoms with Gasteiger partial charge in [-0.2, -0.15) is 5.10 Å². The van der Waals surface area contributed by atoms with Crippen LogP contribution >= 0.6 is 0 Å². The lowest BCUT2D eigenvalue weighted by Gasteiger charge is -2.45. The Hall–Kier alpha value is -2.86. The number of benzene rings is 2. The predicted molar refractivity (Wildman–Crippen MR) is 114 cm³/mol. The Bertz CT molecular complexity index is 1090. The molecule has 30 heavy (non-hydrogen) atoms. The minimum absolute atomic E-state index is 0.0224. The number of piperidine rings is 3. The number of carbonyl (C=O) groups is 1. The summed E-state index contributed by atoms with van der Waals surface area (Å²) < 4.78 is 6.13. The molecule has 2 aromatic carbocycles. The van der Waals surface area contributed by atoms with Crippen LogP contribution in [0.2, 0.25) is 0 Å². The Morgan fingerprint density at radius 2 is 1.97 bits per heavy atom. The van der Waals surface area contributed by atoms with Gasteiger partial charge >= 0.3 is 6.09 Å². The van der Waals surface area contributed by atoms with Crippen LogP contribution < -0.4 is 0 Å². The fourth-order valence-corrected chi connectivity index (χ4v) is 5.50. The van der Waals surface area contributed by atoms with Gasteiger partial charge < -0.3 is 4.74 Å². The second kappa shape index (κ2) is 7.13. The van der Waals surface area contributed by atoms with Crippen molar-refractivity contribution >= 4 is 17.0 Å². The number of hydrogen-bond acceptors (Lipinski definition) is 4. The smallest absolute Gasteiger partial charge is 0.410 e. The van der Waals surface area contributed by atoms with E-state index in [1.807, 2.05) is 17.2 Å². The maximum atomic E-state index is 13.4. The van der Waals surface area contributed by atoms with Gasteiger partial charge in [-0.3, -0.25) is 14.9 Å². The van der Waals surface area contributed by atoms with Gasteiger partial charge in [0.15, 0.2) is 0 Å². The van der Waals surface area contributed by atoms with E-state index in [4.69, 9.17) is 4.74 Å². The predicted octanol–water partition coefficient (Wildman–Crippen LogP) is 3.74. The average molecular weight is 402 g/mol. The summed E-state index contributed by atoms with van der Waals surface area (Å²) in [6.45, 7) is 3.84. The molecule has 3 fully saturated rings. The van der Waals surface area contributed by atoms with Crippen LogP contribution in [0.3, 0.4) is 0 Å². The van der Waals surface area contributed by atoms with Crippen molar-refractivity contribution in [2.75, 3.05) is 26.2 Å². The molecule has 0 saturated carbocycles. The zero-order valence-electron chi connectivity index (χ0n) is 17.0. The fraction of sp³-hybridized carbons (Fsp3) is 0.417. The summed E-state index contributed by atoms with van der Waals surface area (Å²) >= 11 is 0. The summed E-state index contributed by atoms with van der Waals surface area (Å²) in [5.74, 6) is 0.511. The lowest BCUT2D eigenvalue weighted by Crippen LogP contribution is -2.53. The normalized spacial score (nSPS) is 27.8. The first kappa shape index (κ1) is 18.0. The summed E-state index contributed by atoms with van der Waals surface area (Å²) in [4.78, 5) is 17.8. The van der Waals surface area contributed by atoms with Crippen LogP contribution in [-0.4, -0.2) is 58.4 Å². The summed E-state index contributed by atoms with van der Waals surface area (Å²) in [5, 5.41) is 8.22. The molecule has 7 rings (SSSR count). The van der Waals surface area contributed by atoms with Crippen LogP contribution in [0.25, 0.3) is 10.9 Å². The molecule has 0 spiro atoms.